The Bertz CT molecular complexity index is 538. The lowest BCUT2D eigenvalue weighted by Gasteiger charge is -2.10. The summed E-state index contributed by atoms with van der Waals surface area (Å²) in [6.45, 7) is 3.64. The van der Waals surface area contributed by atoms with Gasteiger partial charge in [0.05, 0.1) is 5.75 Å². The highest BCUT2D eigenvalue weighted by atomic mass is 32.2. The highest BCUT2D eigenvalue weighted by Crippen LogP contribution is 2.19. The monoisotopic (exact) mass is 287 g/mol. The molecule has 4 nitrogen and oxygen atoms in total. The number of hydrogen-bond donors (Lipinski definition) is 1. The van der Waals surface area contributed by atoms with Gasteiger partial charge in [0.1, 0.15) is 17.3 Å². The Kier molecular flexibility index (Phi) is 5.10. The minimum absolute atomic E-state index is 0.0141. The van der Waals surface area contributed by atoms with Gasteiger partial charge in [0.25, 0.3) is 0 Å². The molecule has 0 spiro atoms. The van der Waals surface area contributed by atoms with Gasteiger partial charge >= 0.3 is 0 Å². The Morgan fingerprint density at radius 3 is 2.67 bits per heavy atom. The predicted molar refractivity (Wildman–Crippen MR) is 76.9 cm³/mol. The van der Waals surface area contributed by atoms with Crippen molar-refractivity contribution >= 4 is 27.0 Å². The van der Waals surface area contributed by atoms with Gasteiger partial charge < -0.3 is 10.5 Å². The van der Waals surface area contributed by atoms with E-state index in [-0.39, 0.29) is 18.1 Å². The van der Waals surface area contributed by atoms with Crippen LogP contribution < -0.4 is 10.5 Å². The van der Waals surface area contributed by atoms with E-state index in [2.05, 4.69) is 0 Å². The Hall–Kier alpha value is -1.14. The number of hydrogen-bond acceptors (Lipinski definition) is 4. The number of thiocarbonyl (C=S) groups is 1. The molecule has 100 valence electrons. The first-order valence-corrected chi connectivity index (χ1v) is 7.82. The Balaban J connectivity index is 2.73. The van der Waals surface area contributed by atoms with E-state index in [1.165, 1.54) is 0 Å². The van der Waals surface area contributed by atoms with Gasteiger partial charge in [0.15, 0.2) is 9.84 Å². The average Bonchev–Trinajstić information content (AvgIpc) is 2.31. The summed E-state index contributed by atoms with van der Waals surface area (Å²) in [5, 5.41) is 0. The molecule has 2 N–H and O–H groups in total. The highest BCUT2D eigenvalue weighted by Gasteiger charge is 2.09. The van der Waals surface area contributed by atoms with Crippen LogP contribution in [0.15, 0.2) is 18.2 Å². The van der Waals surface area contributed by atoms with E-state index in [0.717, 1.165) is 5.56 Å². The Morgan fingerprint density at radius 2 is 2.11 bits per heavy atom. The molecule has 6 heteroatoms. The van der Waals surface area contributed by atoms with Crippen molar-refractivity contribution in [2.75, 3.05) is 18.1 Å². The highest BCUT2D eigenvalue weighted by molar-refractivity contribution is 7.91. The number of sulfone groups is 1. The van der Waals surface area contributed by atoms with E-state index in [0.29, 0.717) is 16.3 Å². The molecule has 0 aromatic heterocycles. The van der Waals surface area contributed by atoms with Gasteiger partial charge in [0.2, 0.25) is 0 Å². The molecular formula is C12H17NO3S2. The summed E-state index contributed by atoms with van der Waals surface area (Å²) in [5.41, 5.74) is 7.16. The summed E-state index contributed by atoms with van der Waals surface area (Å²) in [7, 11) is -3.00. The maximum absolute atomic E-state index is 11.3. The minimum atomic E-state index is -3.00. The quantitative estimate of drug-likeness (QED) is 0.802. The summed E-state index contributed by atoms with van der Waals surface area (Å²) >= 11 is 4.88. The van der Waals surface area contributed by atoms with Crippen molar-refractivity contribution in [3.8, 4) is 5.75 Å². The zero-order valence-corrected chi connectivity index (χ0v) is 12.1. The molecular weight excluding hydrogens is 270 g/mol. The van der Waals surface area contributed by atoms with Crippen molar-refractivity contribution in [3.05, 3.63) is 29.3 Å². The lowest BCUT2D eigenvalue weighted by Crippen LogP contribution is -2.16. The second-order valence-electron chi connectivity index (χ2n) is 3.93. The first kappa shape index (κ1) is 14.9. The SMILES string of the molecule is CCS(=O)(=O)CCOc1cc(C(N)=S)ccc1C. The lowest BCUT2D eigenvalue weighted by molar-refractivity contribution is 0.338. The van der Waals surface area contributed by atoms with Crippen LogP contribution in [0, 0.1) is 6.92 Å². The summed E-state index contributed by atoms with van der Waals surface area (Å²) in [5.74, 6) is 0.759. The average molecular weight is 287 g/mol. The number of benzene rings is 1. The first-order chi connectivity index (χ1) is 8.35. The van der Waals surface area contributed by atoms with Crippen molar-refractivity contribution in [3.63, 3.8) is 0 Å². The van der Waals surface area contributed by atoms with Gasteiger partial charge in [-0.15, -0.1) is 0 Å². The van der Waals surface area contributed by atoms with E-state index in [4.69, 9.17) is 22.7 Å². The first-order valence-electron chi connectivity index (χ1n) is 5.59. The molecule has 0 saturated carbocycles. The molecule has 0 saturated heterocycles. The van der Waals surface area contributed by atoms with Crippen LogP contribution >= 0.6 is 12.2 Å². The molecule has 0 radical (unpaired) electrons. The topological polar surface area (TPSA) is 69.4 Å². The van der Waals surface area contributed by atoms with Gasteiger partial charge in [-0.1, -0.05) is 31.3 Å². The summed E-state index contributed by atoms with van der Waals surface area (Å²) in [6, 6.07) is 5.39. The second kappa shape index (κ2) is 6.15. The van der Waals surface area contributed by atoms with Crippen molar-refractivity contribution in [2.45, 2.75) is 13.8 Å². The molecule has 0 unspecified atom stereocenters. The van der Waals surface area contributed by atoms with Crippen molar-refractivity contribution in [1.82, 2.24) is 0 Å². The van der Waals surface area contributed by atoms with Crippen LogP contribution in [0.3, 0.4) is 0 Å². The largest absolute Gasteiger partial charge is 0.492 e. The summed E-state index contributed by atoms with van der Waals surface area (Å²) < 4.78 is 28.1. The molecule has 0 bridgehead atoms. The van der Waals surface area contributed by atoms with Crippen molar-refractivity contribution < 1.29 is 13.2 Å². The fourth-order valence-electron chi connectivity index (χ4n) is 1.33. The van der Waals surface area contributed by atoms with Gasteiger partial charge in [-0.05, 0) is 18.6 Å². The smallest absolute Gasteiger partial charge is 0.153 e. The number of nitrogens with two attached hydrogens (primary N) is 1. The third-order valence-corrected chi connectivity index (χ3v) is 4.47. The Labute approximate surface area is 113 Å². The van der Waals surface area contributed by atoms with Gasteiger partial charge in [0, 0.05) is 11.3 Å². The van der Waals surface area contributed by atoms with Gasteiger partial charge in [-0.3, -0.25) is 0 Å². The van der Waals surface area contributed by atoms with Crippen molar-refractivity contribution in [2.24, 2.45) is 5.73 Å². The molecule has 1 aromatic rings. The zero-order chi connectivity index (χ0) is 13.8. The molecule has 0 atom stereocenters. The number of aryl methyl sites for hydroxylation is 1. The zero-order valence-electron chi connectivity index (χ0n) is 10.5. The molecule has 0 heterocycles. The van der Waals surface area contributed by atoms with E-state index >= 15 is 0 Å². The second-order valence-corrected chi connectivity index (χ2v) is 6.84. The van der Waals surface area contributed by atoms with E-state index < -0.39 is 9.84 Å². The van der Waals surface area contributed by atoms with E-state index in [1.54, 1.807) is 13.0 Å². The molecule has 0 aliphatic heterocycles. The van der Waals surface area contributed by atoms with Crippen LogP contribution in [0.25, 0.3) is 0 Å². The third-order valence-electron chi connectivity index (χ3n) is 2.56. The fraction of sp³-hybridized carbons (Fsp3) is 0.417. The maximum atomic E-state index is 11.3. The van der Waals surface area contributed by atoms with E-state index in [9.17, 15) is 8.42 Å². The normalized spacial score (nSPS) is 11.2. The molecule has 0 fully saturated rings. The fourth-order valence-corrected chi connectivity index (χ4v) is 2.08. The lowest BCUT2D eigenvalue weighted by atomic mass is 10.1. The van der Waals surface area contributed by atoms with Crippen molar-refractivity contribution in [1.29, 1.82) is 0 Å². The van der Waals surface area contributed by atoms with Crippen LogP contribution in [-0.2, 0) is 9.84 Å². The summed E-state index contributed by atoms with van der Waals surface area (Å²) in [4.78, 5) is 0.293. The molecule has 1 aromatic carbocycles. The van der Waals surface area contributed by atoms with Gasteiger partial charge in [-0.25, -0.2) is 8.42 Å². The van der Waals surface area contributed by atoms with Crippen LogP contribution in [0.5, 0.6) is 5.75 Å². The minimum Gasteiger partial charge on any atom is -0.492 e. The van der Waals surface area contributed by atoms with Crippen LogP contribution in [0.1, 0.15) is 18.1 Å². The molecule has 18 heavy (non-hydrogen) atoms. The standard InChI is InChI=1S/C12H17NO3S2/c1-3-18(14,15)7-6-16-11-8-10(12(13)17)5-4-9(11)2/h4-5,8H,3,6-7H2,1-2H3,(H2,13,17). The van der Waals surface area contributed by atoms with Gasteiger partial charge in [-0.2, -0.15) is 0 Å². The van der Waals surface area contributed by atoms with Crippen LogP contribution in [-0.4, -0.2) is 31.5 Å². The molecule has 1 rings (SSSR count). The van der Waals surface area contributed by atoms with Crippen LogP contribution in [0.2, 0.25) is 0 Å². The number of rotatable bonds is 6. The molecule has 0 aliphatic carbocycles. The Morgan fingerprint density at radius 1 is 1.44 bits per heavy atom. The van der Waals surface area contributed by atoms with Crippen LogP contribution in [0.4, 0.5) is 0 Å². The molecule has 0 amide bonds. The van der Waals surface area contributed by atoms with E-state index in [1.807, 2.05) is 19.1 Å². The number of ether oxygens (including phenoxy) is 1. The summed E-state index contributed by atoms with van der Waals surface area (Å²) in [6.07, 6.45) is 0. The molecule has 0 aliphatic rings. The third kappa shape index (κ3) is 4.27. The maximum Gasteiger partial charge on any atom is 0.153 e. The predicted octanol–water partition coefficient (Wildman–Crippen LogP) is 1.44.